The highest BCUT2D eigenvalue weighted by atomic mass is 16.5. The van der Waals surface area contributed by atoms with Gasteiger partial charge in [0.25, 0.3) is 5.91 Å². The van der Waals surface area contributed by atoms with Crippen molar-refractivity contribution in [1.29, 1.82) is 0 Å². The number of pyridine rings is 1. The minimum atomic E-state index is -0.0947. The number of methoxy groups -OCH3 is 2. The second kappa shape index (κ2) is 8.19. The number of aromatic nitrogens is 1. The molecule has 3 atom stereocenters. The highest BCUT2D eigenvalue weighted by Gasteiger charge is 2.41. The number of rotatable bonds is 6. The van der Waals surface area contributed by atoms with Gasteiger partial charge in [0.05, 0.1) is 19.8 Å². The van der Waals surface area contributed by atoms with E-state index in [9.17, 15) is 4.79 Å². The van der Waals surface area contributed by atoms with Crippen LogP contribution in [0, 0.1) is 0 Å². The predicted octanol–water partition coefficient (Wildman–Crippen LogP) is 3.02. The average molecular weight is 381 g/mol. The summed E-state index contributed by atoms with van der Waals surface area (Å²) in [4.78, 5) is 19.6. The molecule has 0 saturated carbocycles. The Morgan fingerprint density at radius 3 is 2.46 bits per heavy atom. The molecule has 0 aliphatic carbocycles. The molecule has 2 aromatic rings. The molecule has 28 heavy (non-hydrogen) atoms. The van der Waals surface area contributed by atoms with E-state index in [1.807, 2.05) is 18.5 Å². The topological polar surface area (TPSA) is 63.7 Å². The molecule has 2 aliphatic rings. The monoisotopic (exact) mass is 381 g/mol. The fraction of sp³-hybridized carbons (Fsp3) is 0.455. The lowest BCUT2D eigenvalue weighted by Crippen LogP contribution is -2.50. The molecule has 3 heterocycles. The van der Waals surface area contributed by atoms with Crippen LogP contribution in [0.1, 0.15) is 41.6 Å². The molecule has 1 aromatic heterocycles. The smallest absolute Gasteiger partial charge is 0.255 e. The Labute approximate surface area is 165 Å². The van der Waals surface area contributed by atoms with E-state index in [-0.39, 0.29) is 11.9 Å². The molecular weight excluding hydrogens is 354 g/mol. The van der Waals surface area contributed by atoms with Gasteiger partial charge < -0.3 is 14.8 Å². The summed E-state index contributed by atoms with van der Waals surface area (Å²) >= 11 is 0. The van der Waals surface area contributed by atoms with Crippen LogP contribution in [0.15, 0.2) is 42.7 Å². The number of amides is 1. The number of benzene rings is 1. The Hall–Kier alpha value is -2.60. The Bertz CT molecular complexity index is 813. The largest absolute Gasteiger partial charge is 0.493 e. The molecule has 1 unspecified atom stereocenters. The number of nitrogens with zero attached hydrogens (tertiary/aromatic N) is 2. The van der Waals surface area contributed by atoms with Gasteiger partial charge in [-0.3, -0.25) is 14.7 Å². The molecule has 0 spiro atoms. The fourth-order valence-corrected chi connectivity index (χ4v) is 4.68. The number of piperidine rings is 1. The minimum Gasteiger partial charge on any atom is -0.493 e. The van der Waals surface area contributed by atoms with Gasteiger partial charge in [-0.1, -0.05) is 6.07 Å². The lowest BCUT2D eigenvalue weighted by atomic mass is 9.96. The van der Waals surface area contributed by atoms with Gasteiger partial charge in [0.1, 0.15) is 0 Å². The first-order valence-electron chi connectivity index (χ1n) is 9.86. The average Bonchev–Trinajstić information content (AvgIpc) is 2.96. The number of fused-ring (bicyclic) bond motifs is 2. The Balaban J connectivity index is 1.42. The van der Waals surface area contributed by atoms with E-state index < -0.39 is 0 Å². The highest BCUT2D eigenvalue weighted by molar-refractivity contribution is 5.98. The number of para-hydroxylation sites is 1. The van der Waals surface area contributed by atoms with Gasteiger partial charge in [-0.2, -0.15) is 0 Å². The van der Waals surface area contributed by atoms with Gasteiger partial charge in [0.2, 0.25) is 0 Å². The molecule has 4 rings (SSSR count). The zero-order chi connectivity index (χ0) is 19.5. The SMILES string of the molecule is COc1cccc(C(=O)NC2C[C@H]3CC[C@@H](C2)N3Cc2ccncc2)c1OC. The summed E-state index contributed by atoms with van der Waals surface area (Å²) in [5.74, 6) is 0.964. The first-order chi connectivity index (χ1) is 13.7. The zero-order valence-corrected chi connectivity index (χ0v) is 16.4. The fourth-order valence-electron chi connectivity index (χ4n) is 4.68. The van der Waals surface area contributed by atoms with Crippen molar-refractivity contribution in [2.75, 3.05) is 14.2 Å². The van der Waals surface area contributed by atoms with Crippen LogP contribution in [0.5, 0.6) is 11.5 Å². The Morgan fingerprint density at radius 1 is 1.11 bits per heavy atom. The van der Waals surface area contributed by atoms with Crippen LogP contribution < -0.4 is 14.8 Å². The molecule has 2 aliphatic heterocycles. The molecule has 6 nitrogen and oxygen atoms in total. The lowest BCUT2D eigenvalue weighted by molar-refractivity contribution is 0.0825. The van der Waals surface area contributed by atoms with Crippen LogP contribution in [0.25, 0.3) is 0 Å². The number of carbonyl (C=O) groups excluding carboxylic acids is 1. The Morgan fingerprint density at radius 2 is 1.82 bits per heavy atom. The summed E-state index contributed by atoms with van der Waals surface area (Å²) in [7, 11) is 3.14. The number of carbonyl (C=O) groups is 1. The van der Waals surface area contributed by atoms with Crippen molar-refractivity contribution in [3.05, 3.63) is 53.9 Å². The van der Waals surface area contributed by atoms with Gasteiger partial charge in [0.15, 0.2) is 11.5 Å². The first-order valence-corrected chi connectivity index (χ1v) is 9.86. The van der Waals surface area contributed by atoms with Crippen molar-refractivity contribution in [2.24, 2.45) is 0 Å². The summed E-state index contributed by atoms with van der Waals surface area (Å²) < 4.78 is 10.7. The van der Waals surface area contributed by atoms with E-state index in [4.69, 9.17) is 9.47 Å². The van der Waals surface area contributed by atoms with E-state index in [1.165, 1.54) is 18.4 Å². The maximum Gasteiger partial charge on any atom is 0.255 e. The molecule has 6 heteroatoms. The summed E-state index contributed by atoms with van der Waals surface area (Å²) in [6.45, 7) is 0.961. The maximum absolute atomic E-state index is 12.9. The van der Waals surface area contributed by atoms with Crippen LogP contribution in [0.3, 0.4) is 0 Å². The summed E-state index contributed by atoms with van der Waals surface area (Å²) in [6.07, 6.45) is 8.08. The quantitative estimate of drug-likeness (QED) is 0.833. The van der Waals surface area contributed by atoms with Crippen LogP contribution in [-0.2, 0) is 6.54 Å². The second-order valence-electron chi connectivity index (χ2n) is 7.60. The maximum atomic E-state index is 12.9. The van der Waals surface area contributed by atoms with Crippen LogP contribution in [-0.4, -0.2) is 48.1 Å². The van der Waals surface area contributed by atoms with Crippen molar-refractivity contribution in [3.8, 4) is 11.5 Å². The number of ether oxygens (including phenoxy) is 2. The normalized spacial score (nSPS) is 24.0. The van der Waals surface area contributed by atoms with Crippen molar-refractivity contribution in [2.45, 2.75) is 50.4 Å². The number of hydrogen-bond donors (Lipinski definition) is 1. The standard InChI is InChI=1S/C22H27N3O3/c1-27-20-5-3-4-19(21(20)28-2)22(26)24-16-12-17-6-7-18(13-16)25(17)14-15-8-10-23-11-9-15/h3-5,8-11,16-18H,6-7,12-14H2,1-2H3,(H,24,26)/t16?,17-,18+. The molecule has 1 N–H and O–H groups in total. The second-order valence-corrected chi connectivity index (χ2v) is 7.60. The van der Waals surface area contributed by atoms with E-state index >= 15 is 0 Å². The molecule has 148 valence electrons. The van der Waals surface area contributed by atoms with Gasteiger partial charge in [-0.05, 0) is 55.5 Å². The number of nitrogens with one attached hydrogen (secondary N) is 1. The van der Waals surface area contributed by atoms with E-state index in [0.29, 0.717) is 29.1 Å². The van der Waals surface area contributed by atoms with Crippen LogP contribution in [0.2, 0.25) is 0 Å². The Kier molecular flexibility index (Phi) is 5.48. The molecule has 2 fully saturated rings. The third-order valence-corrected chi connectivity index (χ3v) is 5.98. The van der Waals surface area contributed by atoms with Gasteiger partial charge in [-0.25, -0.2) is 0 Å². The third kappa shape index (κ3) is 3.69. The summed E-state index contributed by atoms with van der Waals surface area (Å²) in [5, 5.41) is 3.24. The molecule has 1 amide bonds. The predicted molar refractivity (Wildman–Crippen MR) is 107 cm³/mol. The van der Waals surface area contributed by atoms with Crippen LogP contribution in [0.4, 0.5) is 0 Å². The minimum absolute atomic E-state index is 0.0947. The van der Waals surface area contributed by atoms with Crippen molar-refractivity contribution in [1.82, 2.24) is 15.2 Å². The van der Waals surface area contributed by atoms with Crippen molar-refractivity contribution >= 4 is 5.91 Å². The highest BCUT2D eigenvalue weighted by Crippen LogP contribution is 2.37. The molecule has 1 aromatic carbocycles. The zero-order valence-electron chi connectivity index (χ0n) is 16.4. The first kappa shape index (κ1) is 18.7. The molecule has 2 bridgehead atoms. The van der Waals surface area contributed by atoms with E-state index in [0.717, 1.165) is 19.4 Å². The van der Waals surface area contributed by atoms with Gasteiger partial charge >= 0.3 is 0 Å². The van der Waals surface area contributed by atoms with Crippen molar-refractivity contribution in [3.63, 3.8) is 0 Å². The van der Waals surface area contributed by atoms with E-state index in [2.05, 4.69) is 27.3 Å². The van der Waals surface area contributed by atoms with Gasteiger partial charge in [-0.15, -0.1) is 0 Å². The van der Waals surface area contributed by atoms with Gasteiger partial charge in [0, 0.05) is 37.1 Å². The van der Waals surface area contributed by atoms with Crippen molar-refractivity contribution < 1.29 is 14.3 Å². The summed E-state index contributed by atoms with van der Waals surface area (Å²) in [5.41, 5.74) is 1.82. The number of hydrogen-bond acceptors (Lipinski definition) is 5. The third-order valence-electron chi connectivity index (χ3n) is 5.98. The molecule has 2 saturated heterocycles. The summed E-state index contributed by atoms with van der Waals surface area (Å²) in [6, 6.07) is 10.8. The van der Waals surface area contributed by atoms with E-state index in [1.54, 1.807) is 26.4 Å². The molecule has 0 radical (unpaired) electrons. The molecular formula is C22H27N3O3. The van der Waals surface area contributed by atoms with Crippen LogP contribution >= 0.6 is 0 Å². The lowest BCUT2D eigenvalue weighted by Gasteiger charge is -2.39.